The van der Waals surface area contributed by atoms with Gasteiger partial charge in [-0.25, -0.2) is 0 Å². The highest BCUT2D eigenvalue weighted by Gasteiger charge is 2.40. The quantitative estimate of drug-likeness (QED) is 0.845. The molecule has 0 atom stereocenters. The van der Waals surface area contributed by atoms with Gasteiger partial charge in [-0.2, -0.15) is 4.98 Å². The second kappa shape index (κ2) is 5.20. The standard InChI is InChI=1S/C13H16Br2N4O/c1-12(2,13(3,4)16)11-18-10(19-20-11)9-8(15)5-7(14)6-17-9/h5-6H,16H2,1-4H3. The number of pyridine rings is 1. The first-order valence-corrected chi connectivity index (χ1v) is 7.66. The molecule has 0 aliphatic rings. The summed E-state index contributed by atoms with van der Waals surface area (Å²) in [4.78, 5) is 8.74. The normalized spacial score (nSPS) is 12.8. The van der Waals surface area contributed by atoms with E-state index < -0.39 is 11.0 Å². The SMILES string of the molecule is CC(C)(N)C(C)(C)c1nc(-c2ncc(Br)cc2Br)no1. The predicted octanol–water partition coefficient (Wildman–Crippen LogP) is 3.67. The number of nitrogens with two attached hydrogens (primary N) is 1. The first-order chi connectivity index (χ1) is 9.13. The van der Waals surface area contributed by atoms with E-state index in [4.69, 9.17) is 10.3 Å². The van der Waals surface area contributed by atoms with Gasteiger partial charge in [-0.05, 0) is 65.6 Å². The summed E-state index contributed by atoms with van der Waals surface area (Å²) in [7, 11) is 0. The van der Waals surface area contributed by atoms with Crippen LogP contribution in [0.5, 0.6) is 0 Å². The average Bonchev–Trinajstić information content (AvgIpc) is 2.77. The molecule has 2 aromatic rings. The molecule has 20 heavy (non-hydrogen) atoms. The minimum Gasteiger partial charge on any atom is -0.338 e. The van der Waals surface area contributed by atoms with Crippen LogP contribution in [-0.2, 0) is 5.41 Å². The molecule has 0 bridgehead atoms. The second-order valence-electron chi connectivity index (χ2n) is 5.75. The maximum atomic E-state index is 6.18. The van der Waals surface area contributed by atoms with E-state index in [2.05, 4.69) is 47.0 Å². The lowest BCUT2D eigenvalue weighted by Crippen LogP contribution is -2.50. The Morgan fingerprint density at radius 2 is 1.85 bits per heavy atom. The third-order valence-electron chi connectivity index (χ3n) is 3.59. The number of nitrogens with zero attached hydrogens (tertiary/aromatic N) is 3. The largest absolute Gasteiger partial charge is 0.338 e. The van der Waals surface area contributed by atoms with E-state index in [0.29, 0.717) is 17.4 Å². The maximum Gasteiger partial charge on any atom is 0.234 e. The summed E-state index contributed by atoms with van der Waals surface area (Å²) in [5, 5.41) is 4.01. The molecule has 0 aliphatic carbocycles. The minimum absolute atomic E-state index is 0.441. The molecule has 0 amide bonds. The zero-order valence-electron chi connectivity index (χ0n) is 11.7. The molecule has 7 heteroatoms. The molecule has 0 aromatic carbocycles. The predicted molar refractivity (Wildman–Crippen MR) is 84.2 cm³/mol. The van der Waals surface area contributed by atoms with Crippen molar-refractivity contribution in [3.05, 3.63) is 27.1 Å². The van der Waals surface area contributed by atoms with E-state index in [-0.39, 0.29) is 0 Å². The number of aromatic nitrogens is 3. The smallest absolute Gasteiger partial charge is 0.234 e. The van der Waals surface area contributed by atoms with Crippen LogP contribution in [-0.4, -0.2) is 20.7 Å². The number of hydrogen-bond donors (Lipinski definition) is 1. The van der Waals surface area contributed by atoms with Crippen molar-refractivity contribution in [3.63, 3.8) is 0 Å². The lowest BCUT2D eigenvalue weighted by molar-refractivity contribution is 0.223. The molecule has 5 nitrogen and oxygen atoms in total. The molecule has 0 spiro atoms. The van der Waals surface area contributed by atoms with Crippen molar-refractivity contribution in [1.82, 2.24) is 15.1 Å². The van der Waals surface area contributed by atoms with Crippen LogP contribution in [0.1, 0.15) is 33.6 Å². The Labute approximate surface area is 134 Å². The van der Waals surface area contributed by atoms with Gasteiger partial charge in [-0.3, -0.25) is 4.98 Å². The summed E-state index contributed by atoms with van der Waals surface area (Å²) in [5.74, 6) is 0.938. The molecule has 2 N–H and O–H groups in total. The van der Waals surface area contributed by atoms with Crippen molar-refractivity contribution in [2.24, 2.45) is 5.73 Å². The minimum atomic E-state index is -0.485. The van der Waals surface area contributed by atoms with Gasteiger partial charge in [-0.1, -0.05) is 5.16 Å². The van der Waals surface area contributed by atoms with Gasteiger partial charge in [0.1, 0.15) is 5.69 Å². The van der Waals surface area contributed by atoms with Crippen molar-refractivity contribution in [2.45, 2.75) is 38.6 Å². The summed E-state index contributed by atoms with van der Waals surface area (Å²) in [6.07, 6.45) is 1.69. The van der Waals surface area contributed by atoms with Crippen molar-refractivity contribution in [2.75, 3.05) is 0 Å². The van der Waals surface area contributed by atoms with Crippen molar-refractivity contribution in [3.8, 4) is 11.5 Å². The lowest BCUT2D eigenvalue weighted by atomic mass is 9.75. The van der Waals surface area contributed by atoms with Crippen LogP contribution in [0, 0.1) is 0 Å². The Balaban J connectivity index is 2.44. The Morgan fingerprint density at radius 3 is 2.40 bits per heavy atom. The second-order valence-corrected chi connectivity index (χ2v) is 7.52. The van der Waals surface area contributed by atoms with Crippen LogP contribution >= 0.6 is 31.9 Å². The lowest BCUT2D eigenvalue weighted by Gasteiger charge is -2.34. The van der Waals surface area contributed by atoms with Gasteiger partial charge >= 0.3 is 0 Å². The number of rotatable bonds is 3. The molecule has 0 fully saturated rings. The zero-order valence-corrected chi connectivity index (χ0v) is 14.9. The van der Waals surface area contributed by atoms with Gasteiger partial charge in [0.05, 0.1) is 5.41 Å². The fraction of sp³-hybridized carbons (Fsp3) is 0.462. The molecular weight excluding hydrogens is 388 g/mol. The number of halogens is 2. The number of hydrogen-bond acceptors (Lipinski definition) is 5. The summed E-state index contributed by atoms with van der Waals surface area (Å²) in [6.45, 7) is 7.83. The highest BCUT2D eigenvalue weighted by Crippen LogP contribution is 2.34. The van der Waals surface area contributed by atoms with Gasteiger partial charge in [-0.15, -0.1) is 0 Å². The van der Waals surface area contributed by atoms with Crippen LogP contribution in [0.2, 0.25) is 0 Å². The van der Waals surface area contributed by atoms with E-state index in [9.17, 15) is 0 Å². The molecule has 108 valence electrons. The molecule has 0 saturated heterocycles. The highest BCUT2D eigenvalue weighted by atomic mass is 79.9. The Kier molecular flexibility index (Phi) is 4.05. The molecule has 2 aromatic heterocycles. The highest BCUT2D eigenvalue weighted by molar-refractivity contribution is 9.11. The molecule has 0 radical (unpaired) electrons. The van der Waals surface area contributed by atoms with Crippen LogP contribution < -0.4 is 5.73 Å². The summed E-state index contributed by atoms with van der Waals surface area (Å²) in [5.41, 5.74) is 5.89. The van der Waals surface area contributed by atoms with Crippen LogP contribution in [0.3, 0.4) is 0 Å². The third-order valence-corrected chi connectivity index (χ3v) is 4.63. The van der Waals surface area contributed by atoms with Gasteiger partial charge in [0.15, 0.2) is 0 Å². The topological polar surface area (TPSA) is 77.8 Å². The van der Waals surface area contributed by atoms with Crippen molar-refractivity contribution in [1.29, 1.82) is 0 Å². The first-order valence-electron chi connectivity index (χ1n) is 6.07. The van der Waals surface area contributed by atoms with E-state index >= 15 is 0 Å². The van der Waals surface area contributed by atoms with Gasteiger partial charge in [0, 0.05) is 20.7 Å². The third kappa shape index (κ3) is 2.80. The Bertz CT molecular complexity index is 632. The monoisotopic (exact) mass is 402 g/mol. The van der Waals surface area contributed by atoms with Crippen molar-refractivity contribution < 1.29 is 4.52 Å². The molecule has 2 heterocycles. The van der Waals surface area contributed by atoms with Crippen molar-refractivity contribution >= 4 is 31.9 Å². The van der Waals surface area contributed by atoms with E-state index in [1.807, 2.05) is 33.8 Å². The van der Waals surface area contributed by atoms with E-state index in [1.54, 1.807) is 6.20 Å². The average molecular weight is 404 g/mol. The fourth-order valence-corrected chi connectivity index (χ4v) is 2.59. The summed E-state index contributed by atoms with van der Waals surface area (Å²) >= 11 is 6.80. The fourth-order valence-electron chi connectivity index (χ4n) is 1.43. The van der Waals surface area contributed by atoms with Gasteiger partial charge in [0.25, 0.3) is 0 Å². The molecule has 2 rings (SSSR count). The van der Waals surface area contributed by atoms with Crippen LogP contribution in [0.25, 0.3) is 11.5 Å². The Hall–Kier alpha value is -0.790. The van der Waals surface area contributed by atoms with Crippen LogP contribution in [0.4, 0.5) is 0 Å². The van der Waals surface area contributed by atoms with E-state index in [0.717, 1.165) is 8.95 Å². The summed E-state index contributed by atoms with van der Waals surface area (Å²) < 4.78 is 7.05. The molecular formula is C13H16Br2N4O. The van der Waals surface area contributed by atoms with Gasteiger partial charge in [0.2, 0.25) is 11.7 Å². The first kappa shape index (κ1) is 15.6. The maximum absolute atomic E-state index is 6.18. The zero-order chi connectivity index (χ0) is 15.1. The molecule has 0 unspecified atom stereocenters. The van der Waals surface area contributed by atoms with Gasteiger partial charge < -0.3 is 10.3 Å². The Morgan fingerprint density at radius 1 is 1.20 bits per heavy atom. The van der Waals surface area contributed by atoms with E-state index in [1.165, 1.54) is 0 Å². The molecule has 0 saturated carbocycles. The molecule has 0 aliphatic heterocycles. The van der Waals surface area contributed by atoms with Crippen LogP contribution in [0.15, 0.2) is 25.7 Å². The summed E-state index contributed by atoms with van der Waals surface area (Å²) in [6, 6.07) is 1.89.